The van der Waals surface area contributed by atoms with E-state index >= 15 is 0 Å². The second kappa shape index (κ2) is 5.19. The Kier molecular flexibility index (Phi) is 3.89. The quantitative estimate of drug-likeness (QED) is 0.806. The van der Waals surface area contributed by atoms with Gasteiger partial charge in [0.1, 0.15) is 0 Å². The highest BCUT2D eigenvalue weighted by atomic mass is 16.4. The molecule has 1 aliphatic heterocycles. The second-order valence-electron chi connectivity index (χ2n) is 6.79. The molecule has 2 aliphatic rings. The van der Waals surface area contributed by atoms with Crippen LogP contribution in [0.15, 0.2) is 0 Å². The summed E-state index contributed by atoms with van der Waals surface area (Å²) < 4.78 is 0. The topological polar surface area (TPSA) is 74.7 Å². The molecule has 1 spiro atoms. The number of carboxylic acid groups (broad SMARTS) is 1. The Morgan fingerprint density at radius 3 is 2.25 bits per heavy atom. The number of aliphatic carboxylic acids is 1. The fourth-order valence-corrected chi connectivity index (χ4v) is 3.65. The summed E-state index contributed by atoms with van der Waals surface area (Å²) in [6.45, 7) is 3.32. The van der Waals surface area contributed by atoms with Crippen LogP contribution in [0.5, 0.6) is 0 Å². The molecular formula is C15H23NO4. The smallest absolute Gasteiger partial charge is 0.305 e. The molecular weight excluding hydrogens is 258 g/mol. The molecule has 0 radical (unpaired) electrons. The fraction of sp³-hybridized carbons (Fsp3) is 0.800. The minimum Gasteiger partial charge on any atom is -0.481 e. The molecule has 0 aromatic heterocycles. The van der Waals surface area contributed by atoms with E-state index in [1.807, 2.05) is 0 Å². The maximum Gasteiger partial charge on any atom is 0.305 e. The van der Waals surface area contributed by atoms with Crippen LogP contribution in [0.3, 0.4) is 0 Å². The van der Waals surface area contributed by atoms with Crippen molar-refractivity contribution in [2.24, 2.45) is 5.41 Å². The summed E-state index contributed by atoms with van der Waals surface area (Å²) in [7, 11) is 0. The van der Waals surface area contributed by atoms with Gasteiger partial charge in [0.15, 0.2) is 0 Å². The molecule has 5 heteroatoms. The Labute approximate surface area is 119 Å². The highest BCUT2D eigenvalue weighted by molar-refractivity contribution is 6.06. The van der Waals surface area contributed by atoms with Crippen LogP contribution in [0, 0.1) is 5.41 Å². The first-order chi connectivity index (χ1) is 9.28. The molecule has 1 aliphatic carbocycles. The molecule has 2 fully saturated rings. The first kappa shape index (κ1) is 15.0. The monoisotopic (exact) mass is 281 g/mol. The third-order valence-corrected chi connectivity index (χ3v) is 4.65. The lowest BCUT2D eigenvalue weighted by molar-refractivity contribution is -0.150. The van der Waals surface area contributed by atoms with Crippen LogP contribution in [0.25, 0.3) is 0 Å². The fourth-order valence-electron chi connectivity index (χ4n) is 3.65. The Morgan fingerprint density at radius 2 is 1.75 bits per heavy atom. The number of imide groups is 1. The Morgan fingerprint density at radius 1 is 1.20 bits per heavy atom. The van der Waals surface area contributed by atoms with Gasteiger partial charge < -0.3 is 5.11 Å². The molecule has 1 saturated heterocycles. The van der Waals surface area contributed by atoms with E-state index in [0.29, 0.717) is 0 Å². The molecule has 1 heterocycles. The molecule has 5 nitrogen and oxygen atoms in total. The van der Waals surface area contributed by atoms with Crippen LogP contribution in [0.1, 0.15) is 65.2 Å². The second-order valence-corrected chi connectivity index (χ2v) is 6.79. The van der Waals surface area contributed by atoms with E-state index in [0.717, 1.165) is 38.5 Å². The van der Waals surface area contributed by atoms with E-state index < -0.39 is 16.9 Å². The van der Waals surface area contributed by atoms with Gasteiger partial charge in [-0.25, -0.2) is 0 Å². The predicted octanol–water partition coefficient (Wildman–Crippen LogP) is 2.34. The zero-order valence-corrected chi connectivity index (χ0v) is 12.3. The van der Waals surface area contributed by atoms with E-state index in [2.05, 4.69) is 0 Å². The number of carbonyl (C=O) groups is 3. The molecule has 0 unspecified atom stereocenters. The van der Waals surface area contributed by atoms with Gasteiger partial charge >= 0.3 is 5.97 Å². The molecule has 2 amide bonds. The van der Waals surface area contributed by atoms with E-state index in [-0.39, 0.29) is 24.7 Å². The van der Waals surface area contributed by atoms with Crippen molar-refractivity contribution in [2.45, 2.75) is 70.8 Å². The Bertz CT molecular complexity index is 433. The van der Waals surface area contributed by atoms with Crippen LogP contribution in [-0.4, -0.2) is 33.3 Å². The average molecular weight is 281 g/mol. The van der Waals surface area contributed by atoms with Crippen LogP contribution < -0.4 is 0 Å². The summed E-state index contributed by atoms with van der Waals surface area (Å²) in [4.78, 5) is 37.3. The van der Waals surface area contributed by atoms with Crippen molar-refractivity contribution < 1.29 is 19.5 Å². The summed E-state index contributed by atoms with van der Waals surface area (Å²) in [6, 6.07) is 0. The number of likely N-dealkylation sites (tertiary alicyclic amines) is 1. The van der Waals surface area contributed by atoms with Gasteiger partial charge in [-0.15, -0.1) is 0 Å². The summed E-state index contributed by atoms with van der Waals surface area (Å²) in [5.41, 5.74) is -1.50. The lowest BCUT2D eigenvalue weighted by atomic mass is 9.78. The highest BCUT2D eigenvalue weighted by Crippen LogP contribution is 2.46. The zero-order chi connectivity index (χ0) is 15.0. The highest BCUT2D eigenvalue weighted by Gasteiger charge is 2.55. The third-order valence-electron chi connectivity index (χ3n) is 4.65. The number of amides is 2. The van der Waals surface area contributed by atoms with Crippen molar-refractivity contribution >= 4 is 17.8 Å². The van der Waals surface area contributed by atoms with Crippen molar-refractivity contribution in [2.75, 3.05) is 0 Å². The summed E-state index contributed by atoms with van der Waals surface area (Å²) in [5, 5.41) is 8.98. The summed E-state index contributed by atoms with van der Waals surface area (Å²) in [6.07, 6.45) is 5.76. The van der Waals surface area contributed by atoms with Crippen molar-refractivity contribution in [3.05, 3.63) is 0 Å². The molecule has 0 aromatic carbocycles. The van der Waals surface area contributed by atoms with Crippen molar-refractivity contribution in [3.63, 3.8) is 0 Å². The number of rotatable bonds is 3. The van der Waals surface area contributed by atoms with E-state index in [1.165, 1.54) is 4.90 Å². The van der Waals surface area contributed by atoms with Gasteiger partial charge in [0, 0.05) is 6.42 Å². The molecule has 2 rings (SSSR count). The molecule has 20 heavy (non-hydrogen) atoms. The predicted molar refractivity (Wildman–Crippen MR) is 72.9 cm³/mol. The van der Waals surface area contributed by atoms with Gasteiger partial charge in [0.25, 0.3) is 0 Å². The number of hydrogen-bond donors (Lipinski definition) is 1. The maximum atomic E-state index is 12.8. The molecule has 0 aromatic rings. The minimum atomic E-state index is -0.989. The first-order valence-electron chi connectivity index (χ1n) is 7.38. The number of hydrogen-bond acceptors (Lipinski definition) is 3. The van der Waals surface area contributed by atoms with Gasteiger partial charge in [-0.2, -0.15) is 0 Å². The maximum absolute atomic E-state index is 12.8. The molecule has 0 bridgehead atoms. The van der Waals surface area contributed by atoms with Crippen molar-refractivity contribution in [1.82, 2.24) is 4.90 Å². The SMILES string of the molecule is CC(C)(CC(=O)O)N1C(=O)CC2(CCCCCC2)C1=O. The number of carbonyl (C=O) groups excluding carboxylic acids is 2. The average Bonchev–Trinajstić information content (AvgIpc) is 2.48. The van der Waals surface area contributed by atoms with Crippen molar-refractivity contribution in [1.29, 1.82) is 0 Å². The van der Waals surface area contributed by atoms with Crippen LogP contribution in [0.4, 0.5) is 0 Å². The summed E-state index contributed by atoms with van der Waals surface area (Å²) in [5.74, 6) is -1.34. The Balaban J connectivity index is 2.26. The Hall–Kier alpha value is -1.39. The van der Waals surface area contributed by atoms with Crippen molar-refractivity contribution in [3.8, 4) is 0 Å². The van der Waals surface area contributed by atoms with Gasteiger partial charge in [-0.05, 0) is 26.7 Å². The zero-order valence-electron chi connectivity index (χ0n) is 12.3. The number of nitrogens with zero attached hydrogens (tertiary/aromatic N) is 1. The normalized spacial score (nSPS) is 23.2. The van der Waals surface area contributed by atoms with Crippen LogP contribution in [0.2, 0.25) is 0 Å². The molecule has 1 N–H and O–H groups in total. The molecule has 112 valence electrons. The van der Waals surface area contributed by atoms with E-state index in [4.69, 9.17) is 5.11 Å². The lowest BCUT2D eigenvalue weighted by Gasteiger charge is -2.34. The number of carboxylic acids is 1. The van der Waals surface area contributed by atoms with Crippen LogP contribution in [-0.2, 0) is 14.4 Å². The van der Waals surface area contributed by atoms with Crippen LogP contribution >= 0.6 is 0 Å². The van der Waals surface area contributed by atoms with Gasteiger partial charge in [0.05, 0.1) is 17.4 Å². The molecule has 0 atom stereocenters. The first-order valence-corrected chi connectivity index (χ1v) is 7.38. The van der Waals surface area contributed by atoms with Gasteiger partial charge in [-0.1, -0.05) is 25.7 Å². The van der Waals surface area contributed by atoms with Gasteiger partial charge in [0.2, 0.25) is 11.8 Å². The molecule has 1 saturated carbocycles. The van der Waals surface area contributed by atoms with E-state index in [9.17, 15) is 14.4 Å². The standard InChI is InChI=1S/C15H23NO4/c1-14(2,10-12(18)19)16-11(17)9-15(13(16)20)7-5-3-4-6-8-15/h3-10H2,1-2H3,(H,18,19). The van der Waals surface area contributed by atoms with Gasteiger partial charge in [-0.3, -0.25) is 19.3 Å². The lowest BCUT2D eigenvalue weighted by Crippen LogP contribution is -2.50. The minimum absolute atomic E-state index is 0.143. The van der Waals surface area contributed by atoms with E-state index in [1.54, 1.807) is 13.8 Å². The largest absolute Gasteiger partial charge is 0.481 e. The third kappa shape index (κ3) is 2.58. The summed E-state index contributed by atoms with van der Waals surface area (Å²) >= 11 is 0.